The van der Waals surface area contributed by atoms with Crippen LogP contribution in [0.3, 0.4) is 0 Å². The van der Waals surface area contributed by atoms with E-state index in [-0.39, 0.29) is 17.1 Å². The third-order valence-electron chi connectivity index (χ3n) is 1.90. The van der Waals surface area contributed by atoms with Crippen molar-refractivity contribution in [2.45, 2.75) is 24.9 Å². The van der Waals surface area contributed by atoms with Gasteiger partial charge in [-0.25, -0.2) is 0 Å². The second kappa shape index (κ2) is 16.1. The van der Waals surface area contributed by atoms with E-state index in [0.717, 1.165) is 11.5 Å². The van der Waals surface area contributed by atoms with E-state index in [0.29, 0.717) is 12.8 Å². The SMILES string of the molecule is CSCCC(N)C(=O)O.CSCCC(N)C(=O)O.[Cu]. The Morgan fingerprint density at radius 3 is 1.37 bits per heavy atom. The van der Waals surface area contributed by atoms with Gasteiger partial charge in [0.1, 0.15) is 12.1 Å². The molecular weight excluding hydrogens is 340 g/mol. The Hall–Kier alpha value is 0.0795. The third-order valence-corrected chi connectivity index (χ3v) is 3.19. The fourth-order valence-electron chi connectivity index (χ4n) is 0.737. The molecule has 0 aromatic rings. The largest absolute Gasteiger partial charge is 0.480 e. The van der Waals surface area contributed by atoms with Crippen LogP contribution in [0.4, 0.5) is 0 Å². The summed E-state index contributed by atoms with van der Waals surface area (Å²) in [5.41, 5.74) is 10.4. The van der Waals surface area contributed by atoms with Crippen molar-refractivity contribution in [3.63, 3.8) is 0 Å². The molecule has 0 aliphatic carbocycles. The maximum absolute atomic E-state index is 10.1. The van der Waals surface area contributed by atoms with Crippen LogP contribution in [0.15, 0.2) is 0 Å². The Balaban J connectivity index is -0.000000256. The minimum absolute atomic E-state index is 0. The first-order valence-corrected chi connectivity index (χ1v) is 8.10. The van der Waals surface area contributed by atoms with Crippen LogP contribution >= 0.6 is 23.5 Å². The number of hydrogen-bond donors (Lipinski definition) is 4. The number of hydrogen-bond acceptors (Lipinski definition) is 6. The summed E-state index contributed by atoms with van der Waals surface area (Å²) in [6.45, 7) is 0. The normalized spacial score (nSPS) is 12.4. The quantitative estimate of drug-likeness (QED) is 0.454. The number of aliphatic carboxylic acids is 2. The monoisotopic (exact) mass is 361 g/mol. The Labute approximate surface area is 132 Å². The molecule has 119 valence electrons. The molecule has 0 rings (SSSR count). The van der Waals surface area contributed by atoms with Gasteiger partial charge >= 0.3 is 11.9 Å². The van der Waals surface area contributed by atoms with Crippen LogP contribution in [0, 0.1) is 0 Å². The second-order valence-electron chi connectivity index (χ2n) is 3.45. The van der Waals surface area contributed by atoms with E-state index in [4.69, 9.17) is 21.7 Å². The number of carboxylic acid groups (broad SMARTS) is 2. The van der Waals surface area contributed by atoms with Crippen molar-refractivity contribution in [2.24, 2.45) is 11.5 Å². The summed E-state index contributed by atoms with van der Waals surface area (Å²) in [6, 6.07) is -1.37. The van der Waals surface area contributed by atoms with Crippen molar-refractivity contribution in [1.29, 1.82) is 0 Å². The van der Waals surface area contributed by atoms with Gasteiger partial charge in [0.25, 0.3) is 0 Å². The topological polar surface area (TPSA) is 127 Å². The average molecular weight is 362 g/mol. The number of carbonyl (C=O) groups is 2. The number of thioether (sulfide) groups is 2. The van der Waals surface area contributed by atoms with Gasteiger partial charge in [0.15, 0.2) is 0 Å². The third kappa shape index (κ3) is 18.1. The Kier molecular flexibility index (Phi) is 20.5. The standard InChI is InChI=1S/2C5H11NO2S.Cu/c2*1-9-3-2-4(6)5(7)8;/h2*4H,2-3,6H2,1H3,(H,7,8);. The van der Waals surface area contributed by atoms with E-state index >= 15 is 0 Å². The smallest absolute Gasteiger partial charge is 0.320 e. The summed E-state index contributed by atoms with van der Waals surface area (Å²) >= 11 is 3.21. The predicted molar refractivity (Wildman–Crippen MR) is 77.2 cm³/mol. The van der Waals surface area contributed by atoms with Gasteiger partial charge in [-0.1, -0.05) is 0 Å². The van der Waals surface area contributed by atoms with Crippen molar-refractivity contribution in [3.8, 4) is 0 Å². The number of rotatable bonds is 8. The number of nitrogens with two attached hydrogens (primary N) is 2. The first kappa shape index (κ1) is 24.1. The molecule has 0 aromatic carbocycles. The minimum atomic E-state index is -0.913. The van der Waals surface area contributed by atoms with Crippen LogP contribution in [0.25, 0.3) is 0 Å². The van der Waals surface area contributed by atoms with Crippen molar-refractivity contribution >= 4 is 35.5 Å². The second-order valence-corrected chi connectivity index (χ2v) is 5.42. The molecule has 0 aliphatic rings. The van der Waals surface area contributed by atoms with Gasteiger partial charge in [-0.2, -0.15) is 23.5 Å². The minimum Gasteiger partial charge on any atom is -0.480 e. The van der Waals surface area contributed by atoms with E-state index in [1.54, 1.807) is 23.5 Å². The molecule has 0 aromatic heterocycles. The maximum atomic E-state index is 10.1. The zero-order valence-corrected chi connectivity index (χ0v) is 13.5. The van der Waals surface area contributed by atoms with Crippen molar-refractivity contribution in [3.05, 3.63) is 0 Å². The summed E-state index contributed by atoms with van der Waals surface area (Å²) in [7, 11) is 0. The first-order valence-electron chi connectivity index (χ1n) is 5.31. The molecule has 0 spiro atoms. The molecule has 19 heavy (non-hydrogen) atoms. The Morgan fingerprint density at radius 1 is 0.947 bits per heavy atom. The molecule has 6 nitrogen and oxygen atoms in total. The van der Waals surface area contributed by atoms with Gasteiger partial charge in [-0.15, -0.1) is 0 Å². The van der Waals surface area contributed by atoms with E-state index in [2.05, 4.69) is 0 Å². The van der Waals surface area contributed by atoms with Gasteiger partial charge in [-0.3, -0.25) is 9.59 Å². The van der Waals surface area contributed by atoms with Gasteiger partial charge in [0.2, 0.25) is 0 Å². The molecule has 0 heterocycles. The van der Waals surface area contributed by atoms with Crippen LogP contribution in [0.5, 0.6) is 0 Å². The van der Waals surface area contributed by atoms with E-state index in [9.17, 15) is 9.59 Å². The molecule has 1 radical (unpaired) electrons. The summed E-state index contributed by atoms with van der Waals surface area (Å²) < 4.78 is 0. The first-order chi connectivity index (χ1) is 8.36. The summed E-state index contributed by atoms with van der Waals surface area (Å²) in [5, 5.41) is 16.5. The molecule has 0 aliphatic heterocycles. The molecule has 0 bridgehead atoms. The fraction of sp³-hybridized carbons (Fsp3) is 0.800. The average Bonchev–Trinajstić information content (AvgIpc) is 2.33. The fourth-order valence-corrected chi connectivity index (χ4v) is 1.72. The summed E-state index contributed by atoms with van der Waals surface area (Å²) in [6.07, 6.45) is 4.95. The van der Waals surface area contributed by atoms with E-state index in [1.165, 1.54) is 0 Å². The van der Waals surface area contributed by atoms with E-state index < -0.39 is 24.0 Å². The summed E-state index contributed by atoms with van der Waals surface area (Å²) in [4.78, 5) is 20.1. The molecule has 9 heteroatoms. The number of carboxylic acids is 2. The van der Waals surface area contributed by atoms with Crippen molar-refractivity contribution < 1.29 is 36.9 Å². The molecular formula is C10H22CuN2O4S2. The summed E-state index contributed by atoms with van der Waals surface area (Å²) in [5.74, 6) is -0.200. The molecule has 0 saturated carbocycles. The molecule has 2 atom stereocenters. The van der Waals surface area contributed by atoms with Gasteiger partial charge in [0, 0.05) is 17.1 Å². The predicted octanol–water partition coefficient (Wildman–Crippen LogP) is 0.300. The van der Waals surface area contributed by atoms with Gasteiger partial charge in [0.05, 0.1) is 0 Å². The molecule has 6 N–H and O–H groups in total. The van der Waals surface area contributed by atoms with Gasteiger partial charge in [-0.05, 0) is 36.9 Å². The van der Waals surface area contributed by atoms with Crippen LogP contribution in [0.1, 0.15) is 12.8 Å². The van der Waals surface area contributed by atoms with Gasteiger partial charge < -0.3 is 21.7 Å². The molecule has 0 saturated heterocycles. The zero-order valence-electron chi connectivity index (χ0n) is 11.0. The van der Waals surface area contributed by atoms with Crippen LogP contribution < -0.4 is 11.5 Å². The van der Waals surface area contributed by atoms with E-state index in [1.807, 2.05) is 12.5 Å². The Bertz CT molecular complexity index is 224. The van der Waals surface area contributed by atoms with Crippen LogP contribution in [0.2, 0.25) is 0 Å². The van der Waals surface area contributed by atoms with Crippen molar-refractivity contribution in [1.82, 2.24) is 0 Å². The van der Waals surface area contributed by atoms with Crippen LogP contribution in [-0.4, -0.2) is 58.3 Å². The molecule has 2 unspecified atom stereocenters. The Morgan fingerprint density at radius 2 is 1.21 bits per heavy atom. The zero-order chi connectivity index (χ0) is 14.6. The molecule has 0 fully saturated rings. The molecule has 0 amide bonds. The van der Waals surface area contributed by atoms with Crippen LogP contribution in [-0.2, 0) is 26.7 Å². The van der Waals surface area contributed by atoms with Crippen molar-refractivity contribution in [2.75, 3.05) is 24.0 Å². The maximum Gasteiger partial charge on any atom is 0.320 e.